The molecule has 6 rings (SSSR count). The summed E-state index contributed by atoms with van der Waals surface area (Å²) in [6.07, 6.45) is 0. The van der Waals surface area contributed by atoms with Crippen LogP contribution < -0.4 is 19.1 Å². The third kappa shape index (κ3) is 5.16. The number of carbonyl (C=O) groups excluding carboxylic acids is 1. The van der Waals surface area contributed by atoms with E-state index in [0.717, 1.165) is 70.1 Å². The van der Waals surface area contributed by atoms with Crippen molar-refractivity contribution in [1.29, 1.82) is 0 Å². The third-order valence-electron chi connectivity index (χ3n) is 8.81. The first-order chi connectivity index (χ1) is 22.0. The minimum Gasteiger partial charge on any atom is -0.497 e. The van der Waals surface area contributed by atoms with Crippen LogP contribution >= 0.6 is 0 Å². The molecule has 7 nitrogen and oxygen atoms in total. The number of ether oxygens (including phenoxy) is 4. The molecule has 2 heterocycles. The van der Waals surface area contributed by atoms with E-state index in [4.69, 9.17) is 18.9 Å². The van der Waals surface area contributed by atoms with Gasteiger partial charge in [-0.15, -0.1) is 0 Å². The van der Waals surface area contributed by atoms with Crippen molar-refractivity contribution in [3.8, 4) is 17.2 Å². The van der Waals surface area contributed by atoms with Crippen molar-refractivity contribution in [1.82, 2.24) is 4.57 Å². The molecule has 45 heavy (non-hydrogen) atoms. The van der Waals surface area contributed by atoms with E-state index in [0.29, 0.717) is 24.5 Å². The fraction of sp³-hybridized carbons (Fsp3) is 0.289. The molecule has 1 aliphatic rings. The van der Waals surface area contributed by atoms with Gasteiger partial charge in [-0.1, -0.05) is 36.4 Å². The van der Waals surface area contributed by atoms with Crippen molar-refractivity contribution in [2.75, 3.05) is 38.3 Å². The highest BCUT2D eigenvalue weighted by Crippen LogP contribution is 2.53. The van der Waals surface area contributed by atoms with Crippen LogP contribution in [0.15, 0.2) is 91.0 Å². The molecule has 232 valence electrons. The first kappa shape index (κ1) is 30.1. The zero-order valence-electron chi connectivity index (χ0n) is 26.6. The molecule has 0 amide bonds. The number of para-hydroxylation sites is 1. The number of hydrogen-bond donors (Lipinski definition) is 0. The highest BCUT2D eigenvalue weighted by Gasteiger charge is 2.52. The highest BCUT2D eigenvalue weighted by atomic mass is 16.6. The number of carbonyl (C=O) groups is 1. The van der Waals surface area contributed by atoms with Crippen LogP contribution in [0, 0.1) is 6.92 Å². The Bertz CT molecular complexity index is 1820. The van der Waals surface area contributed by atoms with Crippen molar-refractivity contribution >= 4 is 22.6 Å². The Balaban J connectivity index is 1.51. The van der Waals surface area contributed by atoms with Crippen LogP contribution in [-0.2, 0) is 16.9 Å². The smallest absolute Gasteiger partial charge is 0.340 e. The Morgan fingerprint density at radius 1 is 0.800 bits per heavy atom. The summed E-state index contributed by atoms with van der Waals surface area (Å²) in [6, 6.07) is 29.8. The summed E-state index contributed by atoms with van der Waals surface area (Å²) in [5.41, 5.74) is 5.07. The van der Waals surface area contributed by atoms with Gasteiger partial charge in [0.15, 0.2) is 5.60 Å². The van der Waals surface area contributed by atoms with Crippen LogP contribution in [0.5, 0.6) is 17.2 Å². The topological polar surface area (TPSA) is 62.2 Å². The molecule has 1 aliphatic heterocycles. The molecule has 0 saturated carbocycles. The van der Waals surface area contributed by atoms with E-state index >= 15 is 0 Å². The molecule has 0 saturated heterocycles. The Kier molecular flexibility index (Phi) is 8.44. The summed E-state index contributed by atoms with van der Waals surface area (Å²) < 4.78 is 26.8. The molecule has 0 bridgehead atoms. The van der Waals surface area contributed by atoms with E-state index in [-0.39, 0.29) is 5.97 Å². The van der Waals surface area contributed by atoms with Gasteiger partial charge in [-0.25, -0.2) is 4.79 Å². The number of methoxy groups -OCH3 is 1. The number of rotatable bonds is 12. The number of hydrogen-bond acceptors (Lipinski definition) is 6. The van der Waals surface area contributed by atoms with Gasteiger partial charge < -0.3 is 28.4 Å². The minimum atomic E-state index is -1.22. The van der Waals surface area contributed by atoms with Crippen LogP contribution in [0.1, 0.15) is 53.5 Å². The number of benzene rings is 4. The molecule has 0 N–H and O–H groups in total. The molecule has 1 unspecified atom stereocenters. The van der Waals surface area contributed by atoms with Gasteiger partial charge in [-0.05, 0) is 76.2 Å². The summed E-state index contributed by atoms with van der Waals surface area (Å²) in [4.78, 5) is 16.0. The second kappa shape index (κ2) is 12.6. The summed E-state index contributed by atoms with van der Waals surface area (Å²) in [5.74, 6) is 1.80. The van der Waals surface area contributed by atoms with Gasteiger partial charge in [0.05, 0.1) is 12.7 Å². The molecular weight excluding hydrogens is 564 g/mol. The van der Waals surface area contributed by atoms with Crippen LogP contribution in [0.2, 0.25) is 0 Å². The zero-order valence-corrected chi connectivity index (χ0v) is 26.6. The van der Waals surface area contributed by atoms with Crippen molar-refractivity contribution in [3.63, 3.8) is 0 Å². The van der Waals surface area contributed by atoms with E-state index in [1.54, 1.807) is 7.11 Å². The van der Waals surface area contributed by atoms with Crippen LogP contribution in [-0.4, -0.2) is 43.9 Å². The van der Waals surface area contributed by atoms with Gasteiger partial charge in [0.2, 0.25) is 0 Å². The largest absolute Gasteiger partial charge is 0.497 e. The lowest BCUT2D eigenvalue weighted by atomic mass is 9.78. The maximum absolute atomic E-state index is 13.7. The summed E-state index contributed by atoms with van der Waals surface area (Å²) in [6.45, 7) is 11.6. The van der Waals surface area contributed by atoms with E-state index in [2.05, 4.69) is 73.6 Å². The van der Waals surface area contributed by atoms with Crippen LogP contribution in [0.4, 0.5) is 5.69 Å². The second-order valence-electron chi connectivity index (χ2n) is 11.1. The van der Waals surface area contributed by atoms with Gasteiger partial charge >= 0.3 is 5.97 Å². The number of nitrogens with zero attached hydrogens (tertiary/aromatic N) is 2. The fourth-order valence-electron chi connectivity index (χ4n) is 6.71. The zero-order chi connectivity index (χ0) is 31.6. The molecule has 1 atom stereocenters. The van der Waals surface area contributed by atoms with Gasteiger partial charge in [-0.3, -0.25) is 0 Å². The van der Waals surface area contributed by atoms with E-state index < -0.39 is 5.60 Å². The number of anilines is 1. The molecule has 0 aliphatic carbocycles. The first-order valence-corrected chi connectivity index (χ1v) is 15.7. The monoisotopic (exact) mass is 604 g/mol. The van der Waals surface area contributed by atoms with Crippen LogP contribution in [0.3, 0.4) is 0 Å². The first-order valence-electron chi connectivity index (χ1n) is 15.7. The van der Waals surface area contributed by atoms with E-state index in [1.165, 1.54) is 0 Å². The van der Waals surface area contributed by atoms with Crippen molar-refractivity contribution < 1.29 is 23.7 Å². The van der Waals surface area contributed by atoms with Crippen molar-refractivity contribution in [2.24, 2.45) is 0 Å². The fourth-order valence-corrected chi connectivity index (χ4v) is 6.71. The summed E-state index contributed by atoms with van der Waals surface area (Å²) in [5, 5.41) is 1.04. The molecule has 1 aromatic heterocycles. The number of aryl methyl sites for hydroxylation is 1. The Morgan fingerprint density at radius 2 is 1.49 bits per heavy atom. The maximum atomic E-state index is 13.7. The lowest BCUT2D eigenvalue weighted by Gasteiger charge is -2.33. The summed E-state index contributed by atoms with van der Waals surface area (Å²) >= 11 is 0. The molecule has 5 aromatic rings. The second-order valence-corrected chi connectivity index (χ2v) is 11.1. The van der Waals surface area contributed by atoms with E-state index in [1.807, 2.05) is 54.6 Å². The maximum Gasteiger partial charge on any atom is 0.340 e. The predicted molar refractivity (Wildman–Crippen MR) is 178 cm³/mol. The molecule has 0 fully saturated rings. The number of aromatic nitrogens is 1. The predicted octanol–water partition coefficient (Wildman–Crippen LogP) is 7.74. The standard InChI is InChI=1S/C38H40N2O5/c1-6-39(7-2)27-17-22-33(35(25-27)44-24-23-43-29-20-18-28(42-5)19-21-29)38(32-15-11-9-13-30(32)37(41)45-38)36-26(4)40(8-3)34-16-12-10-14-31(34)36/h9-22,25H,6-8,23-24H2,1-5H3. The van der Waals surface area contributed by atoms with Crippen molar-refractivity contribution in [2.45, 2.75) is 39.8 Å². The molecule has 7 heteroatoms. The molecule has 0 spiro atoms. The van der Waals surface area contributed by atoms with Gasteiger partial charge in [0.25, 0.3) is 0 Å². The minimum absolute atomic E-state index is 0.294. The lowest BCUT2D eigenvalue weighted by molar-refractivity contribution is 0.0244. The average Bonchev–Trinajstić information content (AvgIpc) is 3.54. The van der Waals surface area contributed by atoms with Crippen molar-refractivity contribution in [3.05, 3.63) is 119 Å². The molecular formula is C38H40N2O5. The number of esters is 1. The van der Waals surface area contributed by atoms with Crippen LogP contribution in [0.25, 0.3) is 10.9 Å². The quantitative estimate of drug-likeness (QED) is 0.107. The number of fused-ring (bicyclic) bond motifs is 2. The van der Waals surface area contributed by atoms with Gasteiger partial charge in [-0.2, -0.15) is 0 Å². The molecule has 0 radical (unpaired) electrons. The Hall–Kier alpha value is -4.91. The Morgan fingerprint density at radius 3 is 2.22 bits per heavy atom. The SMILES string of the molecule is CCN(CC)c1ccc(C2(c3c(C)n(CC)c4ccccc34)OC(=O)c3ccccc32)c(OCCOc2ccc(OC)cc2)c1. The number of cyclic esters (lactones) is 1. The Labute approximate surface area is 264 Å². The van der Waals surface area contributed by atoms with Gasteiger partial charge in [0, 0.05) is 64.7 Å². The lowest BCUT2D eigenvalue weighted by Crippen LogP contribution is -2.32. The molecule has 4 aromatic carbocycles. The van der Waals surface area contributed by atoms with E-state index in [9.17, 15) is 4.79 Å². The highest BCUT2D eigenvalue weighted by molar-refractivity contribution is 5.99. The van der Waals surface area contributed by atoms with Gasteiger partial charge in [0.1, 0.15) is 30.5 Å². The normalized spacial score (nSPS) is 15.5. The summed E-state index contributed by atoms with van der Waals surface area (Å²) in [7, 11) is 1.64. The third-order valence-corrected chi connectivity index (χ3v) is 8.81. The average molecular weight is 605 g/mol.